The van der Waals surface area contributed by atoms with E-state index in [-0.39, 0.29) is 5.69 Å². The number of carbonyl (C=O) groups excluding carboxylic acids is 2. The number of nitrogens with one attached hydrogen (secondary N) is 2. The van der Waals surface area contributed by atoms with Gasteiger partial charge in [0.05, 0.1) is 0 Å². The number of thiazole rings is 1. The number of benzene rings is 1. The summed E-state index contributed by atoms with van der Waals surface area (Å²) in [4.78, 5) is 28.5. The minimum absolute atomic E-state index is 0.225. The summed E-state index contributed by atoms with van der Waals surface area (Å²) in [5, 5.41) is 2.96. The number of hydrogen-bond acceptors (Lipinski definition) is 4. The van der Waals surface area contributed by atoms with Gasteiger partial charge in [-0.15, -0.1) is 11.3 Å². The summed E-state index contributed by atoms with van der Waals surface area (Å²) in [5.41, 5.74) is 6.24. The van der Waals surface area contributed by atoms with Crippen molar-refractivity contribution in [2.45, 2.75) is 0 Å². The summed E-state index contributed by atoms with van der Waals surface area (Å²) in [6, 6.07) is 8.84. The van der Waals surface area contributed by atoms with Gasteiger partial charge in [-0.3, -0.25) is 20.4 Å². The standard InChI is InChI=1S/C16H12BrClN4O2S/c1-22-7-10(17)6-13(22)15(24)21-20-14(23)12-8-25-16(19-12)9-2-4-11(18)5-3-9/h2-8H,1H3,(H,20,23)(H,21,24). The maximum atomic E-state index is 12.2. The maximum Gasteiger partial charge on any atom is 0.289 e. The van der Waals surface area contributed by atoms with Crippen LogP contribution in [0.25, 0.3) is 10.6 Å². The van der Waals surface area contributed by atoms with Crippen LogP contribution in [0.4, 0.5) is 0 Å². The zero-order valence-electron chi connectivity index (χ0n) is 12.9. The summed E-state index contributed by atoms with van der Waals surface area (Å²) in [7, 11) is 1.74. The molecule has 9 heteroatoms. The van der Waals surface area contributed by atoms with E-state index in [4.69, 9.17) is 11.6 Å². The van der Waals surface area contributed by atoms with Crippen molar-refractivity contribution in [2.75, 3.05) is 0 Å². The number of halogens is 2. The lowest BCUT2D eigenvalue weighted by molar-refractivity contribution is 0.0840. The first-order valence-electron chi connectivity index (χ1n) is 7.08. The van der Waals surface area contributed by atoms with Crippen LogP contribution >= 0.6 is 38.9 Å². The minimum Gasteiger partial charge on any atom is -0.345 e. The van der Waals surface area contributed by atoms with Crippen LogP contribution in [-0.4, -0.2) is 21.4 Å². The van der Waals surface area contributed by atoms with Gasteiger partial charge in [0.2, 0.25) is 0 Å². The molecule has 6 nitrogen and oxygen atoms in total. The van der Waals surface area contributed by atoms with Crippen LogP contribution in [0.2, 0.25) is 5.02 Å². The number of carbonyl (C=O) groups is 2. The summed E-state index contributed by atoms with van der Waals surface area (Å²) in [6.45, 7) is 0. The van der Waals surface area contributed by atoms with Crippen molar-refractivity contribution in [2.24, 2.45) is 7.05 Å². The van der Waals surface area contributed by atoms with Crippen LogP contribution in [0, 0.1) is 0 Å². The highest BCUT2D eigenvalue weighted by atomic mass is 79.9. The van der Waals surface area contributed by atoms with Gasteiger partial charge in [0.25, 0.3) is 11.8 Å². The van der Waals surface area contributed by atoms with Crippen LogP contribution in [0.5, 0.6) is 0 Å². The van der Waals surface area contributed by atoms with E-state index < -0.39 is 11.8 Å². The Morgan fingerprint density at radius 2 is 1.88 bits per heavy atom. The molecule has 0 saturated carbocycles. The molecule has 0 aliphatic rings. The first-order valence-corrected chi connectivity index (χ1v) is 9.13. The summed E-state index contributed by atoms with van der Waals surface area (Å²) < 4.78 is 2.42. The number of aryl methyl sites for hydroxylation is 1. The number of aromatic nitrogens is 2. The van der Waals surface area contributed by atoms with Crippen molar-refractivity contribution in [3.63, 3.8) is 0 Å². The Hall–Kier alpha value is -2.16. The van der Waals surface area contributed by atoms with Crippen LogP contribution in [-0.2, 0) is 7.05 Å². The molecule has 3 aromatic rings. The van der Waals surface area contributed by atoms with Crippen molar-refractivity contribution in [1.82, 2.24) is 20.4 Å². The third-order valence-corrected chi connectivity index (χ3v) is 4.90. The monoisotopic (exact) mass is 438 g/mol. The SMILES string of the molecule is Cn1cc(Br)cc1C(=O)NNC(=O)c1csc(-c2ccc(Cl)cc2)n1. The van der Waals surface area contributed by atoms with Crippen LogP contribution in [0.3, 0.4) is 0 Å². The fourth-order valence-electron chi connectivity index (χ4n) is 2.09. The van der Waals surface area contributed by atoms with E-state index in [0.717, 1.165) is 10.0 Å². The summed E-state index contributed by atoms with van der Waals surface area (Å²) in [6.07, 6.45) is 1.75. The molecule has 0 aliphatic heterocycles. The van der Waals surface area contributed by atoms with Gasteiger partial charge < -0.3 is 4.57 Å². The largest absolute Gasteiger partial charge is 0.345 e. The number of rotatable bonds is 3. The predicted molar refractivity (Wildman–Crippen MR) is 101 cm³/mol. The lowest BCUT2D eigenvalue weighted by Crippen LogP contribution is -2.42. The second kappa shape index (κ2) is 7.38. The molecule has 2 heterocycles. The maximum absolute atomic E-state index is 12.2. The smallest absolute Gasteiger partial charge is 0.289 e. The molecule has 0 atom stereocenters. The normalized spacial score (nSPS) is 10.5. The average molecular weight is 440 g/mol. The van der Waals surface area contributed by atoms with E-state index in [2.05, 4.69) is 31.8 Å². The number of hydrogen-bond donors (Lipinski definition) is 2. The Balaban J connectivity index is 1.65. The topological polar surface area (TPSA) is 76.0 Å². The van der Waals surface area contributed by atoms with Crippen molar-refractivity contribution in [3.05, 3.63) is 62.8 Å². The molecule has 0 spiro atoms. The second-order valence-corrected chi connectivity index (χ2v) is 7.32. The van der Waals surface area contributed by atoms with Crippen LogP contribution in [0.1, 0.15) is 21.0 Å². The summed E-state index contributed by atoms with van der Waals surface area (Å²) in [5.74, 6) is -0.909. The average Bonchev–Trinajstić information content (AvgIpc) is 3.20. The molecule has 3 rings (SSSR count). The quantitative estimate of drug-likeness (QED) is 0.612. The van der Waals surface area contributed by atoms with Crippen LogP contribution < -0.4 is 10.9 Å². The molecule has 0 aliphatic carbocycles. The number of amides is 2. The third-order valence-electron chi connectivity index (χ3n) is 3.32. The molecule has 0 fully saturated rings. The highest BCUT2D eigenvalue weighted by molar-refractivity contribution is 9.10. The Morgan fingerprint density at radius 1 is 1.20 bits per heavy atom. The van der Waals surface area contributed by atoms with Crippen molar-refractivity contribution < 1.29 is 9.59 Å². The minimum atomic E-state index is -0.488. The van der Waals surface area contributed by atoms with Gasteiger partial charge in [0, 0.05) is 33.7 Å². The number of hydrazine groups is 1. The van der Waals surface area contributed by atoms with E-state index in [0.29, 0.717) is 15.7 Å². The second-order valence-electron chi connectivity index (χ2n) is 5.11. The summed E-state index contributed by atoms with van der Waals surface area (Å²) >= 11 is 10.5. The Kier molecular flexibility index (Phi) is 5.22. The van der Waals surface area contributed by atoms with E-state index >= 15 is 0 Å². The molecule has 0 unspecified atom stereocenters. The fraction of sp³-hybridized carbons (Fsp3) is 0.0625. The molecule has 128 valence electrons. The first kappa shape index (κ1) is 17.7. The molecule has 2 amide bonds. The first-order chi connectivity index (χ1) is 11.9. The van der Waals surface area contributed by atoms with Crippen molar-refractivity contribution >= 4 is 50.7 Å². The fourth-order valence-corrected chi connectivity index (χ4v) is 3.55. The molecule has 2 N–H and O–H groups in total. The molecular formula is C16H12BrClN4O2S. The van der Waals surface area contributed by atoms with Gasteiger partial charge >= 0.3 is 0 Å². The molecule has 0 saturated heterocycles. The number of nitrogens with zero attached hydrogens (tertiary/aromatic N) is 2. The molecule has 0 radical (unpaired) electrons. The zero-order valence-corrected chi connectivity index (χ0v) is 16.1. The Morgan fingerprint density at radius 3 is 2.52 bits per heavy atom. The van der Waals surface area contributed by atoms with Gasteiger partial charge in [-0.2, -0.15) is 0 Å². The molecule has 0 bridgehead atoms. The highest BCUT2D eigenvalue weighted by Gasteiger charge is 2.15. The molecule has 25 heavy (non-hydrogen) atoms. The van der Waals surface area contributed by atoms with E-state index in [1.54, 1.807) is 41.4 Å². The Labute approximate surface area is 160 Å². The van der Waals surface area contributed by atoms with Crippen molar-refractivity contribution in [1.29, 1.82) is 0 Å². The van der Waals surface area contributed by atoms with E-state index in [1.165, 1.54) is 11.3 Å². The van der Waals surface area contributed by atoms with E-state index in [1.807, 2.05) is 12.1 Å². The predicted octanol–water partition coefficient (Wildman–Crippen LogP) is 3.64. The van der Waals surface area contributed by atoms with Gasteiger partial charge in [0.1, 0.15) is 16.4 Å². The highest BCUT2D eigenvalue weighted by Crippen LogP contribution is 2.25. The Bertz CT molecular complexity index is 936. The van der Waals surface area contributed by atoms with Gasteiger partial charge in [-0.1, -0.05) is 23.7 Å². The van der Waals surface area contributed by atoms with Gasteiger partial charge in [0.15, 0.2) is 0 Å². The lowest BCUT2D eigenvalue weighted by Gasteiger charge is -2.06. The molecule has 2 aromatic heterocycles. The molecular weight excluding hydrogens is 428 g/mol. The van der Waals surface area contributed by atoms with Crippen molar-refractivity contribution in [3.8, 4) is 10.6 Å². The van der Waals surface area contributed by atoms with E-state index in [9.17, 15) is 9.59 Å². The lowest BCUT2D eigenvalue weighted by atomic mass is 10.2. The third kappa shape index (κ3) is 4.09. The molecule has 1 aromatic carbocycles. The van der Waals surface area contributed by atoms with Gasteiger partial charge in [-0.25, -0.2) is 4.98 Å². The van der Waals surface area contributed by atoms with Crippen LogP contribution in [0.15, 0.2) is 46.4 Å². The van der Waals surface area contributed by atoms with Gasteiger partial charge in [-0.05, 0) is 34.1 Å². The zero-order chi connectivity index (χ0) is 18.0.